The lowest BCUT2D eigenvalue weighted by atomic mass is 10.2. The molecule has 1 N–H and O–H groups in total. The molecule has 2 nitrogen and oxygen atoms in total. The number of aliphatic hydroxyl groups is 1. The second-order valence-electron chi connectivity index (χ2n) is 1.89. The molecule has 1 fully saturated rings. The number of hydrogen-bond donors (Lipinski definition) is 1. The molecule has 1 aliphatic heterocycles. The van der Waals surface area contributed by atoms with Crippen molar-refractivity contribution in [3.63, 3.8) is 0 Å². The van der Waals surface area contributed by atoms with Gasteiger partial charge >= 0.3 is 0 Å². The van der Waals surface area contributed by atoms with Crippen molar-refractivity contribution in [3.8, 4) is 0 Å². The number of rotatable bonds is 2. The maximum Gasteiger partial charge on any atom is 0.110 e. The number of ether oxygens (including phenoxy) is 1. The van der Waals surface area contributed by atoms with Crippen LogP contribution in [0.3, 0.4) is 0 Å². The molecular weight excluding hydrogens is 104 g/mol. The summed E-state index contributed by atoms with van der Waals surface area (Å²) in [6, 6.07) is 0. The second kappa shape index (κ2) is 2.29. The van der Waals surface area contributed by atoms with Crippen LogP contribution in [0.25, 0.3) is 0 Å². The lowest BCUT2D eigenvalue weighted by Gasteiger charge is -1.95. The molecule has 1 heterocycles. The van der Waals surface area contributed by atoms with Gasteiger partial charge in [-0.2, -0.15) is 0 Å². The molecule has 46 valence electrons. The predicted molar refractivity (Wildman–Crippen MR) is 30.6 cm³/mol. The molecule has 0 spiro atoms. The fourth-order valence-corrected chi connectivity index (χ4v) is 0.574. The molecule has 2 heteroatoms. The summed E-state index contributed by atoms with van der Waals surface area (Å²) < 4.78 is 4.82. The first-order valence-corrected chi connectivity index (χ1v) is 2.77. The van der Waals surface area contributed by atoms with Crippen molar-refractivity contribution in [1.29, 1.82) is 0 Å². The van der Waals surface area contributed by atoms with Crippen molar-refractivity contribution in [1.82, 2.24) is 0 Å². The van der Waals surface area contributed by atoms with Crippen LogP contribution in [0.1, 0.15) is 6.92 Å². The highest BCUT2D eigenvalue weighted by atomic mass is 16.6. The van der Waals surface area contributed by atoms with Crippen LogP contribution in [0.15, 0.2) is 12.2 Å². The zero-order valence-corrected chi connectivity index (χ0v) is 4.87. The minimum atomic E-state index is -0.375. The Balaban J connectivity index is 2.22. The van der Waals surface area contributed by atoms with Crippen molar-refractivity contribution in [2.24, 2.45) is 0 Å². The largest absolute Gasteiger partial charge is 0.386 e. The molecule has 0 aromatic heterocycles. The summed E-state index contributed by atoms with van der Waals surface area (Å²) in [6.07, 6.45) is 3.27. The third kappa shape index (κ3) is 1.32. The Kier molecular flexibility index (Phi) is 1.65. The van der Waals surface area contributed by atoms with E-state index in [9.17, 15) is 0 Å². The molecule has 1 rings (SSSR count). The van der Waals surface area contributed by atoms with E-state index >= 15 is 0 Å². The van der Waals surface area contributed by atoms with Gasteiger partial charge in [-0.1, -0.05) is 12.2 Å². The van der Waals surface area contributed by atoms with E-state index in [1.54, 1.807) is 6.08 Å². The van der Waals surface area contributed by atoms with Crippen LogP contribution in [0, 0.1) is 0 Å². The van der Waals surface area contributed by atoms with Gasteiger partial charge in [-0.15, -0.1) is 0 Å². The van der Waals surface area contributed by atoms with E-state index < -0.39 is 0 Å². The van der Waals surface area contributed by atoms with Gasteiger partial charge in [0.1, 0.15) is 12.2 Å². The summed E-state index contributed by atoms with van der Waals surface area (Å²) in [5, 5.41) is 8.98. The molecule has 0 saturated carbocycles. The number of aliphatic hydroxyl groups excluding tert-OH is 1. The Morgan fingerprint density at radius 2 is 2.50 bits per heavy atom. The van der Waals surface area contributed by atoms with Gasteiger partial charge < -0.3 is 9.84 Å². The Labute approximate surface area is 48.8 Å². The van der Waals surface area contributed by atoms with Gasteiger partial charge in [0.15, 0.2) is 0 Å². The Hall–Kier alpha value is -0.340. The van der Waals surface area contributed by atoms with E-state index in [2.05, 4.69) is 0 Å². The van der Waals surface area contributed by atoms with E-state index in [0.29, 0.717) is 6.61 Å². The fraction of sp³-hybridized carbons (Fsp3) is 0.667. The maximum atomic E-state index is 8.98. The van der Waals surface area contributed by atoms with Crippen LogP contribution in [0.2, 0.25) is 0 Å². The number of allylic oxidation sites excluding steroid dienone is 1. The van der Waals surface area contributed by atoms with Crippen molar-refractivity contribution in [3.05, 3.63) is 12.2 Å². The van der Waals surface area contributed by atoms with Crippen LogP contribution in [-0.2, 0) is 4.74 Å². The van der Waals surface area contributed by atoms with E-state index in [4.69, 9.17) is 9.84 Å². The standard InChI is InChI=1S/C6H10O2/c1-2-3-5(7)6-4-8-6/h2-3,5-7H,4H2,1H3/t5-,6-/m0/s1. The third-order valence-corrected chi connectivity index (χ3v) is 1.13. The Morgan fingerprint density at radius 1 is 1.88 bits per heavy atom. The minimum absolute atomic E-state index is 0.0891. The molecule has 1 saturated heterocycles. The summed E-state index contributed by atoms with van der Waals surface area (Å²) in [4.78, 5) is 0. The van der Waals surface area contributed by atoms with Gasteiger partial charge in [-0.3, -0.25) is 0 Å². The molecule has 0 aliphatic carbocycles. The lowest BCUT2D eigenvalue weighted by Crippen LogP contribution is -2.09. The summed E-state index contributed by atoms with van der Waals surface area (Å²) >= 11 is 0. The topological polar surface area (TPSA) is 32.8 Å². The summed E-state index contributed by atoms with van der Waals surface area (Å²) in [6.45, 7) is 2.59. The molecule has 0 aromatic carbocycles. The van der Waals surface area contributed by atoms with E-state index in [0.717, 1.165) is 0 Å². The van der Waals surface area contributed by atoms with Gasteiger partial charge in [-0.25, -0.2) is 0 Å². The van der Waals surface area contributed by atoms with Gasteiger partial charge in [0, 0.05) is 0 Å². The van der Waals surface area contributed by atoms with Crippen molar-refractivity contribution in [2.45, 2.75) is 19.1 Å². The van der Waals surface area contributed by atoms with Crippen LogP contribution in [0.4, 0.5) is 0 Å². The number of hydrogen-bond acceptors (Lipinski definition) is 2. The predicted octanol–water partition coefficient (Wildman–Crippen LogP) is 0.322. The van der Waals surface area contributed by atoms with Gasteiger partial charge in [0.2, 0.25) is 0 Å². The first kappa shape index (κ1) is 5.79. The highest BCUT2D eigenvalue weighted by Crippen LogP contribution is 2.14. The van der Waals surface area contributed by atoms with E-state index in [-0.39, 0.29) is 12.2 Å². The minimum Gasteiger partial charge on any atom is -0.386 e. The van der Waals surface area contributed by atoms with E-state index in [1.807, 2.05) is 13.0 Å². The fourth-order valence-electron chi connectivity index (χ4n) is 0.574. The third-order valence-electron chi connectivity index (χ3n) is 1.13. The van der Waals surface area contributed by atoms with Crippen LogP contribution in [-0.4, -0.2) is 23.9 Å². The average molecular weight is 114 g/mol. The molecule has 8 heavy (non-hydrogen) atoms. The SMILES string of the molecule is CC=C[C@H](O)[C@@H]1CO1. The quantitative estimate of drug-likeness (QED) is 0.414. The van der Waals surface area contributed by atoms with Crippen LogP contribution in [0.5, 0.6) is 0 Å². The maximum absolute atomic E-state index is 8.98. The average Bonchev–Trinajstić information content (AvgIpc) is 2.45. The zero-order chi connectivity index (χ0) is 5.98. The highest BCUT2D eigenvalue weighted by Gasteiger charge is 2.28. The summed E-state index contributed by atoms with van der Waals surface area (Å²) in [5.74, 6) is 0. The molecule has 0 aromatic rings. The summed E-state index contributed by atoms with van der Waals surface area (Å²) in [5.41, 5.74) is 0. The number of epoxide rings is 1. The zero-order valence-electron chi connectivity index (χ0n) is 4.87. The van der Waals surface area contributed by atoms with Crippen molar-refractivity contribution in [2.75, 3.05) is 6.61 Å². The van der Waals surface area contributed by atoms with Crippen LogP contribution < -0.4 is 0 Å². The molecule has 1 aliphatic rings. The normalized spacial score (nSPS) is 31.0. The first-order chi connectivity index (χ1) is 3.84. The Bertz CT molecular complexity index is 94.7. The molecule has 0 radical (unpaired) electrons. The van der Waals surface area contributed by atoms with Gasteiger partial charge in [0.05, 0.1) is 6.61 Å². The van der Waals surface area contributed by atoms with Crippen molar-refractivity contribution < 1.29 is 9.84 Å². The second-order valence-corrected chi connectivity index (χ2v) is 1.89. The molecular formula is C6H10O2. The molecule has 0 amide bonds. The summed E-state index contributed by atoms with van der Waals surface area (Å²) in [7, 11) is 0. The monoisotopic (exact) mass is 114 g/mol. The smallest absolute Gasteiger partial charge is 0.110 e. The van der Waals surface area contributed by atoms with Gasteiger partial charge in [-0.05, 0) is 6.92 Å². The van der Waals surface area contributed by atoms with E-state index in [1.165, 1.54) is 0 Å². The van der Waals surface area contributed by atoms with Crippen LogP contribution >= 0.6 is 0 Å². The highest BCUT2D eigenvalue weighted by molar-refractivity contribution is 4.94. The molecule has 0 unspecified atom stereocenters. The molecule has 0 bridgehead atoms. The molecule has 2 atom stereocenters. The lowest BCUT2D eigenvalue weighted by molar-refractivity contribution is 0.178. The Morgan fingerprint density at radius 3 is 2.88 bits per heavy atom. The van der Waals surface area contributed by atoms with Crippen molar-refractivity contribution >= 4 is 0 Å². The first-order valence-electron chi connectivity index (χ1n) is 2.77. The van der Waals surface area contributed by atoms with Gasteiger partial charge in [0.25, 0.3) is 0 Å².